The van der Waals surface area contributed by atoms with Gasteiger partial charge in [0.1, 0.15) is 0 Å². The summed E-state index contributed by atoms with van der Waals surface area (Å²) in [5.41, 5.74) is -1.39. The van der Waals surface area contributed by atoms with E-state index in [1.807, 2.05) is 0 Å². The number of halogens is 4. The molecule has 1 aliphatic heterocycles. The van der Waals surface area contributed by atoms with Crippen LogP contribution in [0.1, 0.15) is 18.4 Å². The first-order valence-electron chi connectivity index (χ1n) is 8.82. The van der Waals surface area contributed by atoms with Crippen LogP contribution in [0.15, 0.2) is 53.4 Å². The molecule has 5 nitrogen and oxygen atoms in total. The number of piperidine rings is 1. The minimum atomic E-state index is -4.67. The van der Waals surface area contributed by atoms with Gasteiger partial charge in [0.15, 0.2) is 0 Å². The fourth-order valence-corrected chi connectivity index (χ4v) is 4.86. The maximum atomic E-state index is 13.2. The first-order valence-corrected chi connectivity index (χ1v) is 10.6. The smallest absolute Gasteiger partial charge is 0.325 e. The summed E-state index contributed by atoms with van der Waals surface area (Å²) in [7, 11) is -3.66. The van der Waals surface area contributed by atoms with Gasteiger partial charge in [0.25, 0.3) is 0 Å². The van der Waals surface area contributed by atoms with Crippen LogP contribution in [0, 0.1) is 5.92 Å². The number of sulfonamides is 1. The molecule has 0 bridgehead atoms. The van der Waals surface area contributed by atoms with Crippen molar-refractivity contribution in [2.45, 2.75) is 23.9 Å². The maximum absolute atomic E-state index is 13.2. The molecule has 0 aliphatic carbocycles. The number of anilines is 1. The van der Waals surface area contributed by atoms with E-state index in [4.69, 9.17) is 11.6 Å². The van der Waals surface area contributed by atoms with Gasteiger partial charge < -0.3 is 5.32 Å². The molecule has 3 rings (SSSR count). The molecular formula is C19H18ClF3N2O3S. The van der Waals surface area contributed by atoms with Crippen LogP contribution in [0.4, 0.5) is 18.9 Å². The van der Waals surface area contributed by atoms with Gasteiger partial charge in [-0.25, -0.2) is 8.42 Å². The number of rotatable bonds is 4. The van der Waals surface area contributed by atoms with Gasteiger partial charge in [0.2, 0.25) is 15.9 Å². The molecule has 0 radical (unpaired) electrons. The summed E-state index contributed by atoms with van der Waals surface area (Å²) >= 11 is 5.64. The summed E-state index contributed by atoms with van der Waals surface area (Å²) in [4.78, 5) is 12.6. The van der Waals surface area contributed by atoms with Crippen LogP contribution >= 0.6 is 11.6 Å². The number of hydrogen-bond donors (Lipinski definition) is 1. The molecule has 0 aromatic heterocycles. The van der Waals surface area contributed by atoms with Crippen molar-refractivity contribution in [1.29, 1.82) is 0 Å². The molecule has 1 saturated heterocycles. The highest BCUT2D eigenvalue weighted by molar-refractivity contribution is 7.89. The molecule has 1 fully saturated rings. The van der Waals surface area contributed by atoms with Crippen LogP contribution in [0.2, 0.25) is 5.02 Å². The van der Waals surface area contributed by atoms with E-state index in [-0.39, 0.29) is 41.5 Å². The van der Waals surface area contributed by atoms with Crippen LogP contribution in [0.25, 0.3) is 0 Å². The second-order valence-electron chi connectivity index (χ2n) is 6.67. The number of alkyl halides is 3. The molecule has 1 N–H and O–H groups in total. The lowest BCUT2D eigenvalue weighted by Gasteiger charge is -2.30. The molecule has 1 amide bonds. The fraction of sp³-hybridized carbons (Fsp3) is 0.316. The minimum absolute atomic E-state index is 0.0882. The van der Waals surface area contributed by atoms with E-state index in [0.29, 0.717) is 0 Å². The van der Waals surface area contributed by atoms with Crippen molar-refractivity contribution in [2.75, 3.05) is 18.4 Å². The van der Waals surface area contributed by atoms with E-state index in [0.717, 1.165) is 12.1 Å². The second kappa shape index (κ2) is 8.33. The van der Waals surface area contributed by atoms with Crippen LogP contribution in [-0.2, 0) is 21.0 Å². The summed E-state index contributed by atoms with van der Waals surface area (Å²) in [5, 5.41) is 2.23. The number of carbonyl (C=O) groups excluding carboxylic acids is 1. The van der Waals surface area contributed by atoms with Crippen molar-refractivity contribution >= 4 is 33.2 Å². The normalized spacial score (nSPS) is 16.6. The third kappa shape index (κ3) is 4.91. The topological polar surface area (TPSA) is 66.5 Å². The highest BCUT2D eigenvalue weighted by atomic mass is 35.5. The Kier molecular flexibility index (Phi) is 6.21. The van der Waals surface area contributed by atoms with Gasteiger partial charge in [-0.2, -0.15) is 17.5 Å². The Morgan fingerprint density at radius 3 is 2.28 bits per heavy atom. The van der Waals surface area contributed by atoms with Gasteiger partial charge in [0.05, 0.1) is 16.1 Å². The minimum Gasteiger partial charge on any atom is -0.325 e. The van der Waals surface area contributed by atoms with Gasteiger partial charge in [-0.05, 0) is 43.2 Å². The Morgan fingerprint density at radius 2 is 1.69 bits per heavy atom. The third-order valence-corrected chi connectivity index (χ3v) is 6.90. The van der Waals surface area contributed by atoms with Gasteiger partial charge in [-0.3, -0.25) is 4.79 Å². The Labute approximate surface area is 171 Å². The van der Waals surface area contributed by atoms with Gasteiger partial charge in [-0.1, -0.05) is 29.8 Å². The lowest BCUT2D eigenvalue weighted by atomic mass is 9.97. The highest BCUT2D eigenvalue weighted by Crippen LogP contribution is 2.37. The lowest BCUT2D eigenvalue weighted by molar-refractivity contribution is -0.137. The summed E-state index contributed by atoms with van der Waals surface area (Å²) in [5.74, 6) is -1.16. The maximum Gasteiger partial charge on any atom is 0.418 e. The number of nitrogens with zero attached hydrogens (tertiary/aromatic N) is 1. The predicted octanol–water partition coefficient (Wildman–Crippen LogP) is 4.40. The van der Waals surface area contributed by atoms with Crippen LogP contribution < -0.4 is 5.32 Å². The second-order valence-corrected chi connectivity index (χ2v) is 9.04. The summed E-state index contributed by atoms with van der Waals surface area (Å²) < 4.78 is 66.1. The van der Waals surface area contributed by atoms with Crippen molar-refractivity contribution in [3.05, 3.63) is 59.1 Å². The molecule has 29 heavy (non-hydrogen) atoms. The zero-order chi connectivity index (χ0) is 21.2. The van der Waals surface area contributed by atoms with Gasteiger partial charge in [-0.15, -0.1) is 0 Å². The monoisotopic (exact) mass is 446 g/mol. The molecule has 156 valence electrons. The molecule has 2 aromatic carbocycles. The number of carbonyl (C=O) groups is 1. The van der Waals surface area contributed by atoms with E-state index in [1.54, 1.807) is 18.2 Å². The van der Waals surface area contributed by atoms with Gasteiger partial charge >= 0.3 is 6.18 Å². The molecule has 1 aliphatic rings. The average molecular weight is 447 g/mol. The Morgan fingerprint density at radius 1 is 1.07 bits per heavy atom. The van der Waals surface area contributed by atoms with E-state index in [2.05, 4.69) is 5.32 Å². The molecule has 0 saturated carbocycles. The van der Waals surface area contributed by atoms with Crippen LogP contribution in [-0.4, -0.2) is 31.7 Å². The van der Waals surface area contributed by atoms with Crippen LogP contribution in [0.5, 0.6) is 0 Å². The SMILES string of the molecule is O=C(Nc1ccc(Cl)cc1C(F)(F)F)C1CCN(S(=O)(=O)c2ccccc2)CC1. The number of nitrogens with one attached hydrogen (secondary N) is 1. The van der Waals surface area contributed by atoms with E-state index in [1.165, 1.54) is 22.5 Å². The molecule has 1 heterocycles. The van der Waals surface area contributed by atoms with Crippen molar-refractivity contribution in [2.24, 2.45) is 5.92 Å². The number of benzene rings is 2. The van der Waals surface area contributed by atoms with Crippen molar-refractivity contribution in [3.63, 3.8) is 0 Å². The van der Waals surface area contributed by atoms with Gasteiger partial charge in [0, 0.05) is 24.0 Å². The zero-order valence-electron chi connectivity index (χ0n) is 15.1. The predicted molar refractivity (Wildman–Crippen MR) is 103 cm³/mol. The van der Waals surface area contributed by atoms with E-state index >= 15 is 0 Å². The zero-order valence-corrected chi connectivity index (χ0v) is 16.7. The Balaban J connectivity index is 1.67. The quantitative estimate of drug-likeness (QED) is 0.757. The third-order valence-electron chi connectivity index (χ3n) is 4.75. The van der Waals surface area contributed by atoms with Crippen molar-refractivity contribution in [3.8, 4) is 0 Å². The first-order chi connectivity index (χ1) is 13.6. The largest absolute Gasteiger partial charge is 0.418 e. The van der Waals surface area contributed by atoms with Crippen molar-refractivity contribution in [1.82, 2.24) is 4.31 Å². The Bertz CT molecular complexity index is 990. The molecular weight excluding hydrogens is 429 g/mol. The fourth-order valence-electron chi connectivity index (χ4n) is 3.19. The molecule has 2 aromatic rings. The molecule has 0 spiro atoms. The molecule has 10 heteroatoms. The summed E-state index contributed by atoms with van der Waals surface area (Å²) in [6, 6.07) is 11.1. The highest BCUT2D eigenvalue weighted by Gasteiger charge is 2.36. The number of amides is 1. The lowest BCUT2D eigenvalue weighted by Crippen LogP contribution is -2.41. The van der Waals surface area contributed by atoms with E-state index in [9.17, 15) is 26.4 Å². The van der Waals surface area contributed by atoms with E-state index < -0.39 is 33.6 Å². The summed E-state index contributed by atoms with van der Waals surface area (Å²) in [6.07, 6.45) is -4.24. The van der Waals surface area contributed by atoms with Crippen LogP contribution in [0.3, 0.4) is 0 Å². The molecule has 0 unspecified atom stereocenters. The Hall–Kier alpha value is -2.10. The average Bonchev–Trinajstić information content (AvgIpc) is 2.69. The number of hydrogen-bond acceptors (Lipinski definition) is 3. The molecule has 0 atom stereocenters. The summed E-state index contributed by atoms with van der Waals surface area (Å²) in [6.45, 7) is 0.226. The van der Waals surface area contributed by atoms with Crippen molar-refractivity contribution < 1.29 is 26.4 Å². The first kappa shape index (κ1) is 21.6. The standard InChI is InChI=1S/C19H18ClF3N2O3S/c20-14-6-7-17(16(12-14)19(21,22)23)24-18(26)13-8-10-25(11-9-13)29(27,28)15-4-2-1-3-5-15/h1-7,12-13H,8-11H2,(H,24,26).